The zero-order valence-electron chi connectivity index (χ0n) is 13.3. The van der Waals surface area contributed by atoms with Crippen molar-refractivity contribution in [3.8, 4) is 0 Å². The fourth-order valence-electron chi connectivity index (χ4n) is 1.92. The first kappa shape index (κ1) is 19.4. The smallest absolute Gasteiger partial charge is 0.338 e. The highest BCUT2D eigenvalue weighted by molar-refractivity contribution is 8.00. The molecule has 0 fully saturated rings. The van der Waals surface area contributed by atoms with Crippen molar-refractivity contribution in [2.24, 2.45) is 5.73 Å². The minimum atomic E-state index is -1.03. The molecule has 2 rings (SSSR count). The fourth-order valence-corrected chi connectivity index (χ4v) is 2.66. The Hall–Kier alpha value is -2.94. The molecule has 0 unspecified atom stereocenters. The predicted octanol–water partition coefficient (Wildman–Crippen LogP) is 2.34. The Morgan fingerprint density at radius 2 is 1.73 bits per heavy atom. The summed E-state index contributed by atoms with van der Waals surface area (Å²) in [5, 5.41) is 2.53. The maximum atomic E-state index is 13.1. The van der Waals surface area contributed by atoms with Crippen LogP contribution >= 0.6 is 11.8 Å². The highest BCUT2D eigenvalue weighted by atomic mass is 32.2. The third kappa shape index (κ3) is 5.85. The molecule has 0 aliphatic carbocycles. The van der Waals surface area contributed by atoms with Crippen molar-refractivity contribution in [1.29, 1.82) is 0 Å². The molecular formula is C17H14F2N2O4S. The molecule has 2 aromatic rings. The monoisotopic (exact) mass is 380 g/mol. The van der Waals surface area contributed by atoms with Crippen LogP contribution < -0.4 is 11.1 Å². The molecule has 0 saturated carbocycles. The second kappa shape index (κ2) is 8.95. The van der Waals surface area contributed by atoms with Crippen molar-refractivity contribution < 1.29 is 27.9 Å². The number of halogens is 2. The predicted molar refractivity (Wildman–Crippen MR) is 91.6 cm³/mol. The third-order valence-corrected chi connectivity index (χ3v) is 4.06. The molecule has 2 amide bonds. The topological polar surface area (TPSA) is 98.5 Å². The molecule has 0 spiro atoms. The highest BCUT2D eigenvalue weighted by Gasteiger charge is 2.14. The summed E-state index contributed by atoms with van der Waals surface area (Å²) in [6.45, 7) is -0.647. The molecule has 9 heteroatoms. The van der Waals surface area contributed by atoms with Crippen molar-refractivity contribution in [2.75, 3.05) is 17.7 Å². The summed E-state index contributed by atoms with van der Waals surface area (Å²) in [5.74, 6) is -4.01. The van der Waals surface area contributed by atoms with Crippen molar-refractivity contribution in [3.05, 3.63) is 59.7 Å². The van der Waals surface area contributed by atoms with Gasteiger partial charge in [-0.05, 0) is 24.3 Å². The van der Waals surface area contributed by atoms with E-state index in [4.69, 9.17) is 10.5 Å². The van der Waals surface area contributed by atoms with Crippen LogP contribution in [0.2, 0.25) is 0 Å². The van der Waals surface area contributed by atoms with Crippen LogP contribution in [-0.2, 0) is 14.3 Å². The number of hydrogen-bond donors (Lipinski definition) is 2. The summed E-state index contributed by atoms with van der Waals surface area (Å²) in [7, 11) is 0. The average molecular weight is 380 g/mol. The normalized spacial score (nSPS) is 10.2. The molecule has 0 aliphatic heterocycles. The lowest BCUT2D eigenvalue weighted by atomic mass is 10.2. The summed E-state index contributed by atoms with van der Waals surface area (Å²) < 4.78 is 30.9. The average Bonchev–Trinajstić information content (AvgIpc) is 2.58. The second-order valence-corrected chi connectivity index (χ2v) is 6.05. The Labute approximate surface area is 151 Å². The number of rotatable bonds is 7. The van der Waals surface area contributed by atoms with Gasteiger partial charge >= 0.3 is 5.97 Å². The third-order valence-electron chi connectivity index (χ3n) is 2.96. The first-order valence-corrected chi connectivity index (χ1v) is 8.27. The van der Waals surface area contributed by atoms with E-state index in [1.807, 2.05) is 0 Å². The van der Waals surface area contributed by atoms with E-state index in [0.717, 1.165) is 23.9 Å². The van der Waals surface area contributed by atoms with Crippen molar-refractivity contribution in [1.82, 2.24) is 0 Å². The number of nitrogens with one attached hydrogen (secondary N) is 1. The van der Waals surface area contributed by atoms with E-state index in [1.54, 1.807) is 24.3 Å². The minimum absolute atomic E-state index is 0.0347. The van der Waals surface area contributed by atoms with Gasteiger partial charge in [-0.1, -0.05) is 12.1 Å². The molecule has 0 aromatic heterocycles. The number of thioether (sulfide) groups is 1. The fraction of sp³-hybridized carbons (Fsp3) is 0.118. The number of primary amides is 1. The van der Waals surface area contributed by atoms with E-state index < -0.39 is 36.0 Å². The molecule has 0 radical (unpaired) electrons. The van der Waals surface area contributed by atoms with E-state index in [9.17, 15) is 23.2 Å². The zero-order chi connectivity index (χ0) is 19.1. The highest BCUT2D eigenvalue weighted by Crippen LogP contribution is 2.26. The molecule has 0 aliphatic rings. The standard InChI is InChI=1S/C17H14F2N2O4S/c18-11-5-10(6-12(19)7-11)17(24)25-8-16(23)21-13-3-1-2-4-14(13)26-9-15(20)22/h1-7H,8-9H2,(H2,20,22)(H,21,23). The van der Waals surface area contributed by atoms with Crippen molar-refractivity contribution in [2.45, 2.75) is 4.90 Å². The van der Waals surface area contributed by atoms with E-state index in [0.29, 0.717) is 16.6 Å². The van der Waals surface area contributed by atoms with Gasteiger partial charge in [-0.2, -0.15) is 0 Å². The van der Waals surface area contributed by atoms with Crippen molar-refractivity contribution in [3.63, 3.8) is 0 Å². The van der Waals surface area contributed by atoms with Crippen LogP contribution in [0.4, 0.5) is 14.5 Å². The number of amides is 2. The Morgan fingerprint density at radius 1 is 1.08 bits per heavy atom. The molecular weight excluding hydrogens is 366 g/mol. The molecule has 6 nitrogen and oxygen atoms in total. The largest absolute Gasteiger partial charge is 0.452 e. The number of para-hydroxylation sites is 1. The van der Waals surface area contributed by atoms with Gasteiger partial charge in [-0.25, -0.2) is 13.6 Å². The molecule has 2 aromatic carbocycles. The van der Waals surface area contributed by atoms with Crippen LogP contribution in [0, 0.1) is 11.6 Å². The number of ether oxygens (including phenoxy) is 1. The lowest BCUT2D eigenvalue weighted by Crippen LogP contribution is -2.21. The number of esters is 1. The van der Waals surface area contributed by atoms with Crippen molar-refractivity contribution >= 4 is 35.2 Å². The first-order chi connectivity index (χ1) is 12.3. The van der Waals surface area contributed by atoms with E-state index >= 15 is 0 Å². The van der Waals surface area contributed by atoms with Gasteiger partial charge < -0.3 is 15.8 Å². The van der Waals surface area contributed by atoms with E-state index in [-0.39, 0.29) is 11.3 Å². The number of anilines is 1. The van der Waals surface area contributed by atoms with Crippen LogP contribution in [0.3, 0.4) is 0 Å². The number of carbonyl (C=O) groups excluding carboxylic acids is 3. The van der Waals surface area contributed by atoms with Gasteiger partial charge in [0.2, 0.25) is 5.91 Å². The molecule has 0 saturated heterocycles. The number of benzene rings is 2. The van der Waals surface area contributed by atoms with Crippen LogP contribution in [0.1, 0.15) is 10.4 Å². The first-order valence-electron chi connectivity index (χ1n) is 7.28. The molecule has 26 heavy (non-hydrogen) atoms. The lowest BCUT2D eigenvalue weighted by molar-refractivity contribution is -0.119. The quantitative estimate of drug-likeness (QED) is 0.567. The maximum absolute atomic E-state index is 13.1. The molecule has 3 N–H and O–H groups in total. The SMILES string of the molecule is NC(=O)CSc1ccccc1NC(=O)COC(=O)c1cc(F)cc(F)c1. The Kier molecular flexibility index (Phi) is 6.67. The van der Waals surface area contributed by atoms with Gasteiger partial charge in [-0.3, -0.25) is 9.59 Å². The molecule has 136 valence electrons. The second-order valence-electron chi connectivity index (χ2n) is 5.03. The van der Waals surface area contributed by atoms with Gasteiger partial charge in [0.05, 0.1) is 17.0 Å². The maximum Gasteiger partial charge on any atom is 0.338 e. The number of nitrogens with two attached hydrogens (primary N) is 1. The van der Waals surface area contributed by atoms with E-state index in [1.165, 1.54) is 0 Å². The Bertz CT molecular complexity index is 825. The summed E-state index contributed by atoms with van der Waals surface area (Å²) in [4.78, 5) is 35.2. The van der Waals surface area contributed by atoms with Gasteiger partial charge in [-0.15, -0.1) is 11.8 Å². The van der Waals surface area contributed by atoms with E-state index in [2.05, 4.69) is 5.32 Å². The summed E-state index contributed by atoms with van der Waals surface area (Å²) >= 11 is 1.14. The number of carbonyl (C=O) groups is 3. The minimum Gasteiger partial charge on any atom is -0.452 e. The van der Waals surface area contributed by atoms with Crippen LogP contribution in [0.15, 0.2) is 47.4 Å². The van der Waals surface area contributed by atoms with Gasteiger partial charge in [0.1, 0.15) is 11.6 Å². The molecule has 0 heterocycles. The van der Waals surface area contributed by atoms with Crippen LogP contribution in [0.25, 0.3) is 0 Å². The Balaban J connectivity index is 1.94. The Morgan fingerprint density at radius 3 is 2.38 bits per heavy atom. The van der Waals surface area contributed by atoms with Gasteiger partial charge in [0.15, 0.2) is 6.61 Å². The lowest BCUT2D eigenvalue weighted by Gasteiger charge is -2.10. The molecule has 0 bridgehead atoms. The van der Waals surface area contributed by atoms with Crippen LogP contribution in [-0.4, -0.2) is 30.1 Å². The molecule has 0 atom stereocenters. The summed E-state index contributed by atoms with van der Waals surface area (Å²) in [5.41, 5.74) is 5.16. The summed E-state index contributed by atoms with van der Waals surface area (Å²) in [6, 6.07) is 8.90. The van der Waals surface area contributed by atoms with Crippen LogP contribution in [0.5, 0.6) is 0 Å². The zero-order valence-corrected chi connectivity index (χ0v) is 14.1. The number of hydrogen-bond acceptors (Lipinski definition) is 5. The summed E-state index contributed by atoms with van der Waals surface area (Å²) in [6.07, 6.45) is 0. The van der Waals surface area contributed by atoms with Gasteiger partial charge in [0, 0.05) is 11.0 Å². The van der Waals surface area contributed by atoms with Gasteiger partial charge in [0.25, 0.3) is 5.91 Å².